The highest BCUT2D eigenvalue weighted by Gasteiger charge is 2.24. The predicted molar refractivity (Wildman–Crippen MR) is 138 cm³/mol. The van der Waals surface area contributed by atoms with Crippen LogP contribution in [-0.4, -0.2) is 37.9 Å². The van der Waals surface area contributed by atoms with Gasteiger partial charge in [0.1, 0.15) is 46.5 Å². The molecule has 0 aliphatic heterocycles. The maximum absolute atomic E-state index is 13.2. The molecule has 0 unspecified atom stereocenters. The number of benzene rings is 3. The summed E-state index contributed by atoms with van der Waals surface area (Å²) in [7, 11) is 3.08. The molecule has 0 radical (unpaired) electrons. The summed E-state index contributed by atoms with van der Waals surface area (Å²) in [6, 6.07) is 12.0. The molecule has 1 N–H and O–H groups in total. The zero-order valence-corrected chi connectivity index (χ0v) is 22.0. The highest BCUT2D eigenvalue weighted by Crippen LogP contribution is 2.36. The first kappa shape index (κ1) is 27.4. The van der Waals surface area contributed by atoms with E-state index in [4.69, 9.17) is 23.7 Å². The van der Waals surface area contributed by atoms with E-state index >= 15 is 0 Å². The van der Waals surface area contributed by atoms with Gasteiger partial charge in [0, 0.05) is 11.6 Å². The summed E-state index contributed by atoms with van der Waals surface area (Å²) >= 11 is 0. The molecule has 8 nitrogen and oxygen atoms in total. The summed E-state index contributed by atoms with van der Waals surface area (Å²) < 4.78 is 27.4. The molecule has 0 saturated carbocycles. The number of phenolic OH excluding ortho intramolecular Hbond substituents is 1. The number of esters is 2. The maximum atomic E-state index is 13.2. The fraction of sp³-hybridized carbons (Fsp3) is 0.310. The van der Waals surface area contributed by atoms with Crippen molar-refractivity contribution in [2.45, 2.75) is 40.7 Å². The normalized spacial score (nSPS) is 10.5. The lowest BCUT2D eigenvalue weighted by molar-refractivity contribution is 0.0501. The van der Waals surface area contributed by atoms with Gasteiger partial charge in [0.15, 0.2) is 0 Å². The van der Waals surface area contributed by atoms with E-state index < -0.39 is 11.9 Å². The highest BCUT2D eigenvalue weighted by molar-refractivity contribution is 5.97. The Bertz CT molecular complexity index is 1260. The minimum absolute atomic E-state index is 0.0382. The Morgan fingerprint density at radius 2 is 1.51 bits per heavy atom. The molecule has 3 aromatic rings. The van der Waals surface area contributed by atoms with Crippen molar-refractivity contribution in [3.8, 4) is 28.7 Å². The molecule has 8 heteroatoms. The molecule has 0 fully saturated rings. The quantitative estimate of drug-likeness (QED) is 0.275. The van der Waals surface area contributed by atoms with E-state index in [0.29, 0.717) is 41.2 Å². The molecule has 0 bridgehead atoms. The van der Waals surface area contributed by atoms with Gasteiger partial charge < -0.3 is 28.8 Å². The Labute approximate surface area is 216 Å². The Morgan fingerprint density at radius 1 is 0.838 bits per heavy atom. The van der Waals surface area contributed by atoms with Crippen molar-refractivity contribution >= 4 is 11.9 Å². The van der Waals surface area contributed by atoms with E-state index in [-0.39, 0.29) is 29.2 Å². The average molecular weight is 509 g/mol. The number of carbonyl (C=O) groups is 2. The third-order valence-corrected chi connectivity index (χ3v) is 5.78. The SMILES string of the molecule is CCCOC(=O)c1c(C)cc(OC(=O)c2c(C)cc(OCc3ccc(OC)cc3)c(C)c2OC)cc1O. The van der Waals surface area contributed by atoms with Gasteiger partial charge in [0.25, 0.3) is 0 Å². The van der Waals surface area contributed by atoms with Gasteiger partial charge in [-0.1, -0.05) is 19.1 Å². The van der Waals surface area contributed by atoms with Crippen molar-refractivity contribution in [1.29, 1.82) is 0 Å². The van der Waals surface area contributed by atoms with E-state index in [2.05, 4.69) is 0 Å². The number of ether oxygens (including phenoxy) is 5. The molecular formula is C29H32O8. The molecule has 3 rings (SSSR count). The second-order valence-corrected chi connectivity index (χ2v) is 8.52. The fourth-order valence-electron chi connectivity index (χ4n) is 3.88. The van der Waals surface area contributed by atoms with Crippen LogP contribution in [-0.2, 0) is 11.3 Å². The van der Waals surface area contributed by atoms with Crippen LogP contribution in [0.5, 0.6) is 28.7 Å². The zero-order valence-electron chi connectivity index (χ0n) is 22.0. The van der Waals surface area contributed by atoms with Crippen LogP contribution in [0.3, 0.4) is 0 Å². The maximum Gasteiger partial charge on any atom is 0.347 e. The van der Waals surface area contributed by atoms with Crippen LogP contribution in [0.2, 0.25) is 0 Å². The van der Waals surface area contributed by atoms with Crippen molar-refractivity contribution in [1.82, 2.24) is 0 Å². The van der Waals surface area contributed by atoms with E-state index in [1.54, 1.807) is 33.9 Å². The van der Waals surface area contributed by atoms with Crippen LogP contribution >= 0.6 is 0 Å². The molecule has 0 saturated heterocycles. The summed E-state index contributed by atoms with van der Waals surface area (Å²) in [5.41, 5.74) is 2.89. The lowest BCUT2D eigenvalue weighted by atomic mass is 10.0. The third-order valence-electron chi connectivity index (χ3n) is 5.78. The van der Waals surface area contributed by atoms with Gasteiger partial charge in [0.2, 0.25) is 0 Å². The smallest absolute Gasteiger partial charge is 0.347 e. The van der Waals surface area contributed by atoms with Gasteiger partial charge in [-0.15, -0.1) is 0 Å². The minimum atomic E-state index is -0.667. The second kappa shape index (κ2) is 12.2. The standard InChI is InChI=1S/C29H32O8/c1-7-12-35-28(31)25-17(2)13-22(15-23(25)30)37-29(32)26-18(3)14-24(19(4)27(26)34-6)36-16-20-8-10-21(33-5)11-9-20/h8-11,13-15,30H,7,12,16H2,1-6H3. The van der Waals surface area contributed by atoms with Gasteiger partial charge >= 0.3 is 11.9 Å². The van der Waals surface area contributed by atoms with Gasteiger partial charge in [-0.25, -0.2) is 9.59 Å². The first-order chi connectivity index (χ1) is 17.7. The van der Waals surface area contributed by atoms with Crippen LogP contribution in [0.1, 0.15) is 56.3 Å². The number of aryl methyl sites for hydroxylation is 2. The Kier molecular flexibility index (Phi) is 9.00. The second-order valence-electron chi connectivity index (χ2n) is 8.52. The lowest BCUT2D eigenvalue weighted by Crippen LogP contribution is -2.14. The summed E-state index contributed by atoms with van der Waals surface area (Å²) in [4.78, 5) is 25.4. The molecular weight excluding hydrogens is 476 g/mol. The van der Waals surface area contributed by atoms with Crippen LogP contribution in [0.25, 0.3) is 0 Å². The van der Waals surface area contributed by atoms with Crippen molar-refractivity contribution in [2.75, 3.05) is 20.8 Å². The third kappa shape index (κ3) is 6.33. The van der Waals surface area contributed by atoms with Crippen molar-refractivity contribution in [3.63, 3.8) is 0 Å². The summed E-state index contributed by atoms with van der Waals surface area (Å²) in [5, 5.41) is 10.4. The molecule has 0 aliphatic rings. The summed E-state index contributed by atoms with van der Waals surface area (Å²) in [5.74, 6) is 0.125. The minimum Gasteiger partial charge on any atom is -0.507 e. The van der Waals surface area contributed by atoms with Gasteiger partial charge in [-0.05, 0) is 68.1 Å². The van der Waals surface area contributed by atoms with E-state index in [9.17, 15) is 14.7 Å². The molecule has 0 spiro atoms. The molecule has 196 valence electrons. The zero-order chi connectivity index (χ0) is 27.1. The fourth-order valence-corrected chi connectivity index (χ4v) is 3.88. The van der Waals surface area contributed by atoms with E-state index in [0.717, 1.165) is 11.3 Å². The van der Waals surface area contributed by atoms with Gasteiger partial charge in [-0.3, -0.25) is 0 Å². The first-order valence-corrected chi connectivity index (χ1v) is 11.9. The predicted octanol–water partition coefficient (Wildman–Crippen LogP) is 5.70. The number of carbonyl (C=O) groups excluding carboxylic acids is 2. The van der Waals surface area contributed by atoms with Crippen molar-refractivity contribution < 1.29 is 38.4 Å². The number of phenols is 1. The Morgan fingerprint density at radius 3 is 2.11 bits per heavy atom. The van der Waals surface area contributed by atoms with Crippen LogP contribution in [0.4, 0.5) is 0 Å². The number of hydrogen-bond donors (Lipinski definition) is 1. The molecule has 0 heterocycles. The van der Waals surface area contributed by atoms with Crippen LogP contribution < -0.4 is 18.9 Å². The van der Waals surface area contributed by atoms with Crippen molar-refractivity contribution in [3.05, 3.63) is 75.8 Å². The lowest BCUT2D eigenvalue weighted by Gasteiger charge is -2.18. The topological polar surface area (TPSA) is 101 Å². The monoisotopic (exact) mass is 508 g/mol. The molecule has 37 heavy (non-hydrogen) atoms. The first-order valence-electron chi connectivity index (χ1n) is 11.9. The van der Waals surface area contributed by atoms with E-state index in [1.807, 2.05) is 31.2 Å². The highest BCUT2D eigenvalue weighted by atomic mass is 16.5. The van der Waals surface area contributed by atoms with Crippen LogP contribution in [0.15, 0.2) is 42.5 Å². The number of rotatable bonds is 10. The number of aromatic hydroxyl groups is 1. The van der Waals surface area contributed by atoms with Crippen LogP contribution in [0, 0.1) is 20.8 Å². The number of methoxy groups -OCH3 is 2. The molecule has 0 atom stereocenters. The van der Waals surface area contributed by atoms with Gasteiger partial charge in [-0.2, -0.15) is 0 Å². The van der Waals surface area contributed by atoms with E-state index in [1.165, 1.54) is 19.2 Å². The van der Waals surface area contributed by atoms with Crippen molar-refractivity contribution in [2.24, 2.45) is 0 Å². The summed E-state index contributed by atoms with van der Waals surface area (Å²) in [6.07, 6.45) is 0.660. The van der Waals surface area contributed by atoms with Gasteiger partial charge in [0.05, 0.1) is 20.8 Å². The Balaban J connectivity index is 1.83. The molecule has 0 aromatic heterocycles. The summed E-state index contributed by atoms with van der Waals surface area (Å²) in [6.45, 7) is 7.62. The molecule has 0 aliphatic carbocycles. The largest absolute Gasteiger partial charge is 0.507 e. The molecule has 0 amide bonds. The average Bonchev–Trinajstić information content (AvgIpc) is 2.87. The Hall–Kier alpha value is -4.20. The molecule has 3 aromatic carbocycles. The number of hydrogen-bond acceptors (Lipinski definition) is 8.